The molecule has 2 amide bonds. The van der Waals surface area contributed by atoms with Gasteiger partial charge < -0.3 is 9.84 Å². The van der Waals surface area contributed by atoms with Gasteiger partial charge in [0, 0.05) is 31.3 Å². The van der Waals surface area contributed by atoms with Crippen LogP contribution in [0.3, 0.4) is 0 Å². The maximum atomic E-state index is 12.1. The van der Waals surface area contributed by atoms with E-state index in [1.54, 1.807) is 16.9 Å². The van der Waals surface area contributed by atoms with E-state index in [0.29, 0.717) is 5.82 Å². The van der Waals surface area contributed by atoms with Crippen LogP contribution in [-0.4, -0.2) is 21.0 Å². The Morgan fingerprint density at radius 2 is 2.24 bits per heavy atom. The van der Waals surface area contributed by atoms with Gasteiger partial charge in [-0.25, -0.2) is 4.79 Å². The van der Waals surface area contributed by atoms with Gasteiger partial charge in [-0.15, -0.1) is 0 Å². The van der Waals surface area contributed by atoms with Gasteiger partial charge in [0.05, 0.1) is 12.2 Å². The van der Waals surface area contributed by atoms with Gasteiger partial charge in [0.1, 0.15) is 5.76 Å². The molecule has 2 aromatic heterocycles. The highest BCUT2D eigenvalue weighted by molar-refractivity contribution is 5.88. The molecule has 0 bridgehead atoms. The molecule has 0 spiro atoms. The summed E-state index contributed by atoms with van der Waals surface area (Å²) >= 11 is 0. The highest BCUT2D eigenvalue weighted by Crippen LogP contribution is 2.21. The fourth-order valence-electron chi connectivity index (χ4n) is 2.07. The summed E-state index contributed by atoms with van der Waals surface area (Å²) in [6.07, 6.45) is 4.40. The molecular formula is C14H21N5O2. The molecule has 0 fully saturated rings. The summed E-state index contributed by atoms with van der Waals surface area (Å²) in [5, 5.41) is 13.5. The van der Waals surface area contributed by atoms with Crippen LogP contribution < -0.4 is 10.6 Å². The van der Waals surface area contributed by atoms with Gasteiger partial charge in [-0.2, -0.15) is 5.10 Å². The molecule has 21 heavy (non-hydrogen) atoms. The number of nitrogens with one attached hydrogen (secondary N) is 2. The number of hydrogen-bond donors (Lipinski definition) is 2. The molecule has 0 aliphatic heterocycles. The Morgan fingerprint density at radius 3 is 2.76 bits per heavy atom. The number of nitrogens with zero attached hydrogens (tertiary/aromatic N) is 3. The number of aromatic nitrogens is 3. The Hall–Kier alpha value is -2.31. The molecule has 0 aliphatic carbocycles. The van der Waals surface area contributed by atoms with Crippen molar-refractivity contribution in [1.29, 1.82) is 0 Å². The maximum Gasteiger partial charge on any atom is 0.320 e. The standard InChI is InChI=1S/C14H21N5O2/c1-5-11-6-12(18-21-11)16-14(20)17-13(9(2)3)10-7-15-19(4)8-10/h6-9,13H,5H2,1-4H3,(H2,16,17,18,20). The molecule has 2 N–H and O–H groups in total. The zero-order valence-electron chi connectivity index (χ0n) is 12.8. The van der Waals surface area contributed by atoms with Gasteiger partial charge >= 0.3 is 6.03 Å². The van der Waals surface area contributed by atoms with Crippen LogP contribution in [0.4, 0.5) is 10.6 Å². The summed E-state index contributed by atoms with van der Waals surface area (Å²) in [4.78, 5) is 12.1. The fourth-order valence-corrected chi connectivity index (χ4v) is 2.07. The molecule has 0 saturated heterocycles. The molecule has 2 heterocycles. The third-order valence-corrected chi connectivity index (χ3v) is 3.19. The Kier molecular flexibility index (Phi) is 4.62. The third kappa shape index (κ3) is 3.84. The van der Waals surface area contributed by atoms with Crippen molar-refractivity contribution in [1.82, 2.24) is 20.3 Å². The molecule has 2 rings (SSSR count). The number of anilines is 1. The van der Waals surface area contributed by atoms with E-state index >= 15 is 0 Å². The van der Waals surface area contributed by atoms with Crippen molar-refractivity contribution in [2.45, 2.75) is 33.2 Å². The van der Waals surface area contributed by atoms with E-state index in [-0.39, 0.29) is 18.0 Å². The van der Waals surface area contributed by atoms with Crippen molar-refractivity contribution in [3.05, 3.63) is 29.8 Å². The zero-order chi connectivity index (χ0) is 15.4. The average Bonchev–Trinajstić information content (AvgIpc) is 3.04. The summed E-state index contributed by atoms with van der Waals surface area (Å²) in [5.41, 5.74) is 0.969. The van der Waals surface area contributed by atoms with Crippen LogP contribution in [-0.2, 0) is 13.5 Å². The highest BCUT2D eigenvalue weighted by atomic mass is 16.5. The van der Waals surface area contributed by atoms with Gasteiger partial charge in [-0.1, -0.05) is 25.9 Å². The number of urea groups is 1. The second kappa shape index (κ2) is 6.43. The van der Waals surface area contributed by atoms with Crippen molar-refractivity contribution >= 4 is 11.8 Å². The number of hydrogen-bond acceptors (Lipinski definition) is 4. The molecule has 7 heteroatoms. The van der Waals surface area contributed by atoms with Crippen LogP contribution in [0.25, 0.3) is 0 Å². The monoisotopic (exact) mass is 291 g/mol. The lowest BCUT2D eigenvalue weighted by atomic mass is 9.99. The van der Waals surface area contributed by atoms with Gasteiger partial charge in [-0.3, -0.25) is 10.00 Å². The number of carbonyl (C=O) groups excluding carboxylic acids is 1. The zero-order valence-corrected chi connectivity index (χ0v) is 12.8. The largest absolute Gasteiger partial charge is 0.359 e. The second-order valence-electron chi connectivity index (χ2n) is 5.30. The molecule has 0 aromatic carbocycles. The number of amides is 2. The van der Waals surface area contributed by atoms with E-state index in [1.807, 2.05) is 34.0 Å². The van der Waals surface area contributed by atoms with E-state index in [9.17, 15) is 4.79 Å². The average molecular weight is 291 g/mol. The first-order chi connectivity index (χ1) is 9.99. The quantitative estimate of drug-likeness (QED) is 0.886. The number of carbonyl (C=O) groups is 1. The van der Waals surface area contributed by atoms with Crippen molar-refractivity contribution in [3.63, 3.8) is 0 Å². The number of aryl methyl sites for hydroxylation is 2. The lowest BCUT2D eigenvalue weighted by molar-refractivity contribution is 0.244. The van der Waals surface area contributed by atoms with Gasteiger partial charge in [-0.05, 0) is 5.92 Å². The van der Waals surface area contributed by atoms with Crippen molar-refractivity contribution in [3.8, 4) is 0 Å². The van der Waals surface area contributed by atoms with Crippen LogP contribution in [0.2, 0.25) is 0 Å². The van der Waals surface area contributed by atoms with Crippen molar-refractivity contribution in [2.24, 2.45) is 13.0 Å². The number of rotatable bonds is 5. The smallest absolute Gasteiger partial charge is 0.320 e. The van der Waals surface area contributed by atoms with Crippen LogP contribution in [0.15, 0.2) is 23.0 Å². The fraction of sp³-hybridized carbons (Fsp3) is 0.500. The predicted molar refractivity (Wildman–Crippen MR) is 78.8 cm³/mol. The molecule has 0 saturated carbocycles. The maximum absolute atomic E-state index is 12.1. The highest BCUT2D eigenvalue weighted by Gasteiger charge is 2.20. The summed E-state index contributed by atoms with van der Waals surface area (Å²) in [6, 6.07) is 1.29. The minimum Gasteiger partial charge on any atom is -0.359 e. The predicted octanol–water partition coefficient (Wildman–Crippen LogP) is 2.49. The first kappa shape index (κ1) is 15.1. The minimum atomic E-state index is -0.312. The van der Waals surface area contributed by atoms with Crippen LogP contribution >= 0.6 is 0 Å². The molecule has 1 unspecified atom stereocenters. The van der Waals surface area contributed by atoms with Crippen molar-refractivity contribution in [2.75, 3.05) is 5.32 Å². The van der Waals surface area contributed by atoms with Crippen LogP contribution in [0, 0.1) is 5.92 Å². The first-order valence-electron chi connectivity index (χ1n) is 7.01. The lowest BCUT2D eigenvalue weighted by Gasteiger charge is -2.21. The Labute approximate surface area is 123 Å². The Bertz CT molecular complexity index is 602. The van der Waals surface area contributed by atoms with Crippen LogP contribution in [0.1, 0.15) is 38.1 Å². The molecule has 114 valence electrons. The summed E-state index contributed by atoms with van der Waals surface area (Å²) in [5.74, 6) is 1.39. The summed E-state index contributed by atoms with van der Waals surface area (Å²) in [6.45, 7) is 6.05. The van der Waals surface area contributed by atoms with Crippen molar-refractivity contribution < 1.29 is 9.32 Å². The molecule has 7 nitrogen and oxygen atoms in total. The molecule has 1 atom stereocenters. The van der Waals surface area contributed by atoms with Crippen LogP contribution in [0.5, 0.6) is 0 Å². The second-order valence-corrected chi connectivity index (χ2v) is 5.30. The lowest BCUT2D eigenvalue weighted by Crippen LogP contribution is -2.35. The molecule has 0 aliphatic rings. The molecular weight excluding hydrogens is 270 g/mol. The minimum absolute atomic E-state index is 0.115. The molecule has 2 aromatic rings. The summed E-state index contributed by atoms with van der Waals surface area (Å²) < 4.78 is 6.77. The normalized spacial score (nSPS) is 12.4. The Balaban J connectivity index is 2.01. The van der Waals surface area contributed by atoms with E-state index in [1.165, 1.54) is 0 Å². The van der Waals surface area contributed by atoms with E-state index in [2.05, 4.69) is 20.9 Å². The Morgan fingerprint density at radius 1 is 1.48 bits per heavy atom. The van der Waals surface area contributed by atoms with E-state index in [4.69, 9.17) is 4.52 Å². The first-order valence-corrected chi connectivity index (χ1v) is 7.01. The third-order valence-electron chi connectivity index (χ3n) is 3.19. The van der Waals surface area contributed by atoms with E-state index < -0.39 is 0 Å². The van der Waals surface area contributed by atoms with Gasteiger partial charge in [0.15, 0.2) is 5.82 Å². The molecule has 0 radical (unpaired) electrons. The topological polar surface area (TPSA) is 85.0 Å². The SMILES string of the molecule is CCc1cc(NC(=O)NC(c2cnn(C)c2)C(C)C)no1. The van der Waals surface area contributed by atoms with Gasteiger partial charge in [0.2, 0.25) is 0 Å². The van der Waals surface area contributed by atoms with E-state index in [0.717, 1.165) is 17.7 Å². The summed E-state index contributed by atoms with van der Waals surface area (Å²) in [7, 11) is 1.85. The van der Waals surface area contributed by atoms with Gasteiger partial charge in [0.25, 0.3) is 0 Å².